The SMILES string of the molecule is CCCCCNC(=O)/C=C/c1ccc(OCc2ccccc2C)c(OC)c1. The van der Waals surface area contributed by atoms with Gasteiger partial charge in [0.2, 0.25) is 5.91 Å². The van der Waals surface area contributed by atoms with Crippen LogP contribution in [0.15, 0.2) is 48.5 Å². The second-order valence-electron chi connectivity index (χ2n) is 6.46. The number of carbonyl (C=O) groups is 1. The molecule has 0 atom stereocenters. The lowest BCUT2D eigenvalue weighted by Gasteiger charge is -2.12. The highest BCUT2D eigenvalue weighted by Gasteiger charge is 2.06. The lowest BCUT2D eigenvalue weighted by Crippen LogP contribution is -2.21. The Balaban J connectivity index is 1.95. The van der Waals surface area contributed by atoms with Crippen LogP contribution in [-0.2, 0) is 11.4 Å². The van der Waals surface area contributed by atoms with E-state index in [1.165, 1.54) is 5.56 Å². The molecule has 2 rings (SSSR count). The largest absolute Gasteiger partial charge is 0.493 e. The lowest BCUT2D eigenvalue weighted by molar-refractivity contribution is -0.116. The van der Waals surface area contributed by atoms with Crippen molar-refractivity contribution in [1.82, 2.24) is 5.32 Å². The summed E-state index contributed by atoms with van der Waals surface area (Å²) in [6.07, 6.45) is 6.61. The van der Waals surface area contributed by atoms with Gasteiger partial charge >= 0.3 is 0 Å². The summed E-state index contributed by atoms with van der Waals surface area (Å²) in [5, 5.41) is 2.89. The number of hydrogen-bond acceptors (Lipinski definition) is 3. The number of amides is 1. The number of ether oxygens (including phenoxy) is 2. The Morgan fingerprint density at radius 2 is 1.93 bits per heavy atom. The molecule has 1 amide bonds. The van der Waals surface area contributed by atoms with Gasteiger partial charge in [-0.25, -0.2) is 0 Å². The Hall–Kier alpha value is -2.75. The predicted molar refractivity (Wildman–Crippen MR) is 110 cm³/mol. The van der Waals surface area contributed by atoms with Crippen LogP contribution in [-0.4, -0.2) is 19.6 Å². The van der Waals surface area contributed by atoms with Crippen molar-refractivity contribution in [2.24, 2.45) is 0 Å². The summed E-state index contributed by atoms with van der Waals surface area (Å²) >= 11 is 0. The molecular formula is C23H29NO3. The van der Waals surface area contributed by atoms with E-state index in [1.807, 2.05) is 30.3 Å². The molecule has 144 valence electrons. The Bertz CT molecular complexity index is 768. The van der Waals surface area contributed by atoms with Crippen LogP contribution in [0, 0.1) is 6.92 Å². The van der Waals surface area contributed by atoms with Crippen molar-refractivity contribution in [3.05, 3.63) is 65.2 Å². The molecule has 2 aromatic carbocycles. The topological polar surface area (TPSA) is 47.6 Å². The molecule has 0 saturated heterocycles. The van der Waals surface area contributed by atoms with Crippen molar-refractivity contribution in [2.45, 2.75) is 39.7 Å². The molecule has 0 bridgehead atoms. The second kappa shape index (κ2) is 11.1. The maximum Gasteiger partial charge on any atom is 0.243 e. The van der Waals surface area contributed by atoms with Gasteiger partial charge in [-0.1, -0.05) is 50.1 Å². The molecule has 27 heavy (non-hydrogen) atoms. The molecule has 0 unspecified atom stereocenters. The molecule has 0 radical (unpaired) electrons. The highest BCUT2D eigenvalue weighted by atomic mass is 16.5. The van der Waals surface area contributed by atoms with Crippen LogP contribution < -0.4 is 14.8 Å². The van der Waals surface area contributed by atoms with E-state index >= 15 is 0 Å². The van der Waals surface area contributed by atoms with Gasteiger partial charge in [-0.2, -0.15) is 0 Å². The first-order valence-corrected chi connectivity index (χ1v) is 9.45. The number of benzene rings is 2. The van der Waals surface area contributed by atoms with E-state index in [-0.39, 0.29) is 5.91 Å². The molecule has 0 spiro atoms. The van der Waals surface area contributed by atoms with Crippen molar-refractivity contribution in [1.29, 1.82) is 0 Å². The summed E-state index contributed by atoms with van der Waals surface area (Å²) in [6.45, 7) is 5.41. The minimum Gasteiger partial charge on any atom is -0.493 e. The summed E-state index contributed by atoms with van der Waals surface area (Å²) in [5.74, 6) is 1.25. The van der Waals surface area contributed by atoms with Gasteiger partial charge in [-0.3, -0.25) is 4.79 Å². The average Bonchev–Trinajstić information content (AvgIpc) is 2.69. The Morgan fingerprint density at radius 3 is 2.67 bits per heavy atom. The number of aryl methyl sites for hydroxylation is 1. The second-order valence-corrected chi connectivity index (χ2v) is 6.46. The Morgan fingerprint density at radius 1 is 1.11 bits per heavy atom. The normalized spacial score (nSPS) is 10.8. The van der Waals surface area contributed by atoms with Crippen LogP contribution in [0.2, 0.25) is 0 Å². The third-order valence-corrected chi connectivity index (χ3v) is 4.34. The van der Waals surface area contributed by atoms with Gasteiger partial charge in [0.1, 0.15) is 6.61 Å². The van der Waals surface area contributed by atoms with Crippen LogP contribution in [0.4, 0.5) is 0 Å². The zero-order chi connectivity index (χ0) is 19.5. The summed E-state index contributed by atoms with van der Waals surface area (Å²) in [4.78, 5) is 11.8. The summed E-state index contributed by atoms with van der Waals surface area (Å²) < 4.78 is 11.4. The standard InChI is InChI=1S/C23H29NO3/c1-4-5-8-15-24-23(25)14-12-19-11-13-21(22(16-19)26-3)27-17-20-10-7-6-9-18(20)2/h6-7,9-14,16H,4-5,8,15,17H2,1-3H3,(H,24,25)/b14-12+. The Kier molecular flexibility index (Phi) is 8.43. The van der Waals surface area contributed by atoms with Gasteiger partial charge < -0.3 is 14.8 Å². The molecule has 0 aliphatic carbocycles. The zero-order valence-corrected chi connectivity index (χ0v) is 16.5. The number of unbranched alkanes of at least 4 members (excludes halogenated alkanes) is 2. The monoisotopic (exact) mass is 367 g/mol. The molecular weight excluding hydrogens is 338 g/mol. The van der Waals surface area contributed by atoms with Gasteiger partial charge in [-0.15, -0.1) is 0 Å². The fraction of sp³-hybridized carbons (Fsp3) is 0.348. The van der Waals surface area contributed by atoms with E-state index in [4.69, 9.17) is 9.47 Å². The van der Waals surface area contributed by atoms with Crippen molar-refractivity contribution < 1.29 is 14.3 Å². The van der Waals surface area contributed by atoms with Gasteiger partial charge in [0.25, 0.3) is 0 Å². The molecule has 4 heteroatoms. The zero-order valence-electron chi connectivity index (χ0n) is 16.5. The molecule has 0 aromatic heterocycles. The summed E-state index contributed by atoms with van der Waals surface area (Å²) in [7, 11) is 1.61. The van der Waals surface area contributed by atoms with E-state index in [9.17, 15) is 4.79 Å². The molecule has 0 fully saturated rings. The van der Waals surface area contributed by atoms with Crippen molar-refractivity contribution >= 4 is 12.0 Å². The van der Waals surface area contributed by atoms with E-state index < -0.39 is 0 Å². The highest BCUT2D eigenvalue weighted by molar-refractivity contribution is 5.91. The number of nitrogens with one attached hydrogen (secondary N) is 1. The summed E-state index contributed by atoms with van der Waals surface area (Å²) in [5.41, 5.74) is 3.23. The van der Waals surface area contributed by atoms with Crippen LogP contribution in [0.5, 0.6) is 11.5 Å². The van der Waals surface area contributed by atoms with Crippen LogP contribution in [0.25, 0.3) is 6.08 Å². The quantitative estimate of drug-likeness (QED) is 0.480. The van der Waals surface area contributed by atoms with E-state index in [1.54, 1.807) is 19.3 Å². The molecule has 0 heterocycles. The number of carbonyl (C=O) groups excluding carboxylic acids is 1. The van der Waals surface area contributed by atoms with Gasteiger partial charge in [0, 0.05) is 12.6 Å². The minimum absolute atomic E-state index is 0.0788. The first-order valence-electron chi connectivity index (χ1n) is 9.45. The molecule has 0 aliphatic heterocycles. The number of methoxy groups -OCH3 is 1. The van der Waals surface area contributed by atoms with Crippen molar-refractivity contribution in [3.8, 4) is 11.5 Å². The van der Waals surface area contributed by atoms with Gasteiger partial charge in [-0.05, 0) is 48.2 Å². The molecule has 2 aromatic rings. The third kappa shape index (κ3) is 6.81. The number of rotatable bonds is 10. The minimum atomic E-state index is -0.0788. The molecule has 4 nitrogen and oxygen atoms in total. The van der Waals surface area contributed by atoms with Gasteiger partial charge in [0.15, 0.2) is 11.5 Å². The predicted octanol–water partition coefficient (Wildman–Crippen LogP) is 4.90. The maximum absolute atomic E-state index is 11.8. The molecule has 0 saturated carbocycles. The lowest BCUT2D eigenvalue weighted by atomic mass is 10.1. The van der Waals surface area contributed by atoms with E-state index in [0.29, 0.717) is 24.7 Å². The van der Waals surface area contributed by atoms with Crippen molar-refractivity contribution in [2.75, 3.05) is 13.7 Å². The van der Waals surface area contributed by atoms with Gasteiger partial charge in [0.05, 0.1) is 7.11 Å². The molecule has 0 aliphatic rings. The maximum atomic E-state index is 11.8. The first-order chi connectivity index (χ1) is 13.1. The average molecular weight is 367 g/mol. The number of hydrogen-bond donors (Lipinski definition) is 1. The fourth-order valence-corrected chi connectivity index (χ4v) is 2.65. The fourth-order valence-electron chi connectivity index (χ4n) is 2.65. The van der Waals surface area contributed by atoms with Crippen LogP contribution in [0.3, 0.4) is 0 Å². The molecule has 1 N–H and O–H groups in total. The van der Waals surface area contributed by atoms with Crippen LogP contribution in [0.1, 0.15) is 42.9 Å². The summed E-state index contributed by atoms with van der Waals surface area (Å²) in [6, 6.07) is 13.8. The van der Waals surface area contributed by atoms with Crippen molar-refractivity contribution in [3.63, 3.8) is 0 Å². The Labute approximate surface area is 162 Å². The highest BCUT2D eigenvalue weighted by Crippen LogP contribution is 2.29. The third-order valence-electron chi connectivity index (χ3n) is 4.34. The van der Waals surface area contributed by atoms with E-state index in [0.717, 1.165) is 30.4 Å². The van der Waals surface area contributed by atoms with Crippen LogP contribution >= 0.6 is 0 Å². The smallest absolute Gasteiger partial charge is 0.243 e. The first kappa shape index (κ1) is 20.6. The van der Waals surface area contributed by atoms with E-state index in [2.05, 4.69) is 31.3 Å².